The zero-order valence-electron chi connectivity index (χ0n) is 16.5. The molecular formula is C21H22N6O2. The molecule has 0 spiro atoms. The molecule has 0 amide bonds. The minimum absolute atomic E-state index is 0.00580. The molecule has 29 heavy (non-hydrogen) atoms. The molecule has 0 saturated carbocycles. The van der Waals surface area contributed by atoms with E-state index in [2.05, 4.69) is 27.0 Å². The van der Waals surface area contributed by atoms with Gasteiger partial charge in [0.25, 0.3) is 0 Å². The number of aryl methyl sites for hydroxylation is 1. The normalized spacial score (nSPS) is 20.0. The van der Waals surface area contributed by atoms with Crippen LogP contribution in [0.3, 0.4) is 0 Å². The molecule has 148 valence electrons. The van der Waals surface area contributed by atoms with Crippen molar-refractivity contribution in [3.05, 3.63) is 59.6 Å². The SMILES string of the molecule is CCC12COCCN1c1nc(CC(=O)c3ccccc3)ncc1-n1c(C)nnc12. The molecule has 2 aromatic heterocycles. The number of hydrogen-bond donors (Lipinski definition) is 0. The Morgan fingerprint density at radius 3 is 2.86 bits per heavy atom. The fourth-order valence-electron chi connectivity index (χ4n) is 4.30. The second kappa shape index (κ2) is 6.73. The fourth-order valence-corrected chi connectivity index (χ4v) is 4.30. The van der Waals surface area contributed by atoms with Crippen LogP contribution in [0, 0.1) is 6.92 Å². The lowest BCUT2D eigenvalue weighted by atomic mass is 9.90. The third-order valence-electron chi connectivity index (χ3n) is 5.85. The van der Waals surface area contributed by atoms with Gasteiger partial charge in [0.1, 0.15) is 22.9 Å². The average Bonchev–Trinajstić information content (AvgIpc) is 3.16. The summed E-state index contributed by atoms with van der Waals surface area (Å²) in [6.45, 7) is 5.91. The smallest absolute Gasteiger partial charge is 0.170 e. The van der Waals surface area contributed by atoms with Crippen LogP contribution in [0.5, 0.6) is 0 Å². The van der Waals surface area contributed by atoms with Gasteiger partial charge in [-0.2, -0.15) is 0 Å². The van der Waals surface area contributed by atoms with E-state index in [9.17, 15) is 4.79 Å². The maximum Gasteiger partial charge on any atom is 0.170 e. The summed E-state index contributed by atoms with van der Waals surface area (Å²) in [4.78, 5) is 24.2. The summed E-state index contributed by atoms with van der Waals surface area (Å²) in [5.74, 6) is 2.99. The van der Waals surface area contributed by atoms with Gasteiger partial charge >= 0.3 is 0 Å². The van der Waals surface area contributed by atoms with Gasteiger partial charge in [-0.3, -0.25) is 9.36 Å². The molecule has 3 aromatic rings. The van der Waals surface area contributed by atoms with Gasteiger partial charge in [0.2, 0.25) is 0 Å². The lowest BCUT2D eigenvalue weighted by Gasteiger charge is -2.49. The van der Waals surface area contributed by atoms with E-state index in [1.165, 1.54) is 0 Å². The van der Waals surface area contributed by atoms with Crippen LogP contribution in [0.1, 0.15) is 41.2 Å². The third-order valence-corrected chi connectivity index (χ3v) is 5.85. The van der Waals surface area contributed by atoms with E-state index in [1.54, 1.807) is 6.20 Å². The van der Waals surface area contributed by atoms with Crippen molar-refractivity contribution in [1.29, 1.82) is 0 Å². The van der Waals surface area contributed by atoms with Gasteiger partial charge in [0, 0.05) is 12.1 Å². The number of carbonyl (C=O) groups is 1. The maximum atomic E-state index is 12.7. The highest BCUT2D eigenvalue weighted by atomic mass is 16.5. The number of anilines is 1. The van der Waals surface area contributed by atoms with Gasteiger partial charge in [-0.1, -0.05) is 37.3 Å². The van der Waals surface area contributed by atoms with E-state index in [1.807, 2.05) is 41.8 Å². The Kier molecular flexibility index (Phi) is 4.16. The lowest BCUT2D eigenvalue weighted by molar-refractivity contribution is 0.0389. The minimum Gasteiger partial charge on any atom is -0.377 e. The summed E-state index contributed by atoms with van der Waals surface area (Å²) in [5, 5.41) is 8.79. The molecule has 4 heterocycles. The Labute approximate surface area is 168 Å². The highest BCUT2D eigenvalue weighted by Crippen LogP contribution is 2.44. The van der Waals surface area contributed by atoms with Crippen molar-refractivity contribution in [1.82, 2.24) is 24.7 Å². The van der Waals surface area contributed by atoms with Crippen molar-refractivity contribution in [2.45, 2.75) is 32.2 Å². The number of aromatic nitrogens is 5. The fraction of sp³-hybridized carbons (Fsp3) is 0.381. The summed E-state index contributed by atoms with van der Waals surface area (Å²) >= 11 is 0. The first kappa shape index (κ1) is 17.9. The monoisotopic (exact) mass is 390 g/mol. The molecule has 1 fully saturated rings. The number of carbonyl (C=O) groups excluding carboxylic acids is 1. The first-order chi connectivity index (χ1) is 14.1. The maximum absolute atomic E-state index is 12.7. The molecular weight excluding hydrogens is 368 g/mol. The first-order valence-corrected chi connectivity index (χ1v) is 9.86. The third kappa shape index (κ3) is 2.66. The largest absolute Gasteiger partial charge is 0.377 e. The molecule has 0 N–H and O–H groups in total. The molecule has 2 aliphatic rings. The van der Waals surface area contributed by atoms with Crippen LogP contribution in [-0.2, 0) is 16.7 Å². The summed E-state index contributed by atoms with van der Waals surface area (Å²) in [6, 6.07) is 9.25. The quantitative estimate of drug-likeness (QED) is 0.632. The van der Waals surface area contributed by atoms with Crippen molar-refractivity contribution in [3.63, 3.8) is 0 Å². The predicted octanol–water partition coefficient (Wildman–Crippen LogP) is 2.25. The number of benzene rings is 1. The predicted molar refractivity (Wildman–Crippen MR) is 106 cm³/mol. The number of morpholine rings is 1. The van der Waals surface area contributed by atoms with Crippen molar-refractivity contribution in [2.75, 3.05) is 24.7 Å². The number of fused-ring (bicyclic) bond motifs is 6. The summed E-state index contributed by atoms with van der Waals surface area (Å²) < 4.78 is 7.87. The second-order valence-electron chi connectivity index (χ2n) is 7.46. The van der Waals surface area contributed by atoms with Crippen LogP contribution in [0.4, 0.5) is 5.82 Å². The summed E-state index contributed by atoms with van der Waals surface area (Å²) in [6.07, 6.45) is 2.76. The van der Waals surface area contributed by atoms with E-state index in [-0.39, 0.29) is 12.2 Å². The molecule has 8 nitrogen and oxygen atoms in total. The Bertz CT molecular complexity index is 1080. The van der Waals surface area contributed by atoms with Crippen LogP contribution >= 0.6 is 0 Å². The zero-order valence-corrected chi connectivity index (χ0v) is 16.5. The summed E-state index contributed by atoms with van der Waals surface area (Å²) in [5.41, 5.74) is 1.10. The first-order valence-electron chi connectivity index (χ1n) is 9.86. The molecule has 0 bridgehead atoms. The van der Waals surface area contributed by atoms with Crippen LogP contribution in [0.15, 0.2) is 36.5 Å². The van der Waals surface area contributed by atoms with E-state index >= 15 is 0 Å². The lowest BCUT2D eigenvalue weighted by Crippen LogP contribution is -2.58. The molecule has 1 unspecified atom stereocenters. The van der Waals surface area contributed by atoms with Crippen molar-refractivity contribution >= 4 is 11.6 Å². The average molecular weight is 390 g/mol. The van der Waals surface area contributed by atoms with Crippen molar-refractivity contribution < 1.29 is 9.53 Å². The molecule has 0 aliphatic carbocycles. The Morgan fingerprint density at radius 1 is 1.24 bits per heavy atom. The minimum atomic E-state index is -0.415. The van der Waals surface area contributed by atoms with Crippen molar-refractivity contribution in [3.8, 4) is 5.69 Å². The molecule has 8 heteroatoms. The number of rotatable bonds is 4. The number of ether oxygens (including phenoxy) is 1. The van der Waals surface area contributed by atoms with E-state index in [0.717, 1.165) is 29.6 Å². The Morgan fingerprint density at radius 2 is 2.07 bits per heavy atom. The van der Waals surface area contributed by atoms with Gasteiger partial charge in [-0.15, -0.1) is 10.2 Å². The van der Waals surface area contributed by atoms with Crippen molar-refractivity contribution in [2.24, 2.45) is 0 Å². The van der Waals surface area contributed by atoms with Gasteiger partial charge in [-0.05, 0) is 13.3 Å². The van der Waals surface area contributed by atoms with Crippen LogP contribution < -0.4 is 4.90 Å². The highest BCUT2D eigenvalue weighted by Gasteiger charge is 2.49. The van der Waals surface area contributed by atoms with Crippen LogP contribution in [-0.4, -0.2) is 50.3 Å². The van der Waals surface area contributed by atoms with Gasteiger partial charge in [0.15, 0.2) is 17.4 Å². The van der Waals surface area contributed by atoms with Crippen LogP contribution in [0.25, 0.3) is 5.69 Å². The molecule has 1 aromatic carbocycles. The Hall–Kier alpha value is -3.13. The molecule has 1 saturated heterocycles. The highest BCUT2D eigenvalue weighted by molar-refractivity contribution is 5.97. The summed E-state index contributed by atoms with van der Waals surface area (Å²) in [7, 11) is 0. The molecule has 5 rings (SSSR count). The van der Waals surface area contributed by atoms with Crippen LogP contribution in [0.2, 0.25) is 0 Å². The van der Waals surface area contributed by atoms with Gasteiger partial charge in [0.05, 0.1) is 25.8 Å². The number of Topliss-reactive ketones (excluding diaryl/α,β-unsaturated/α-hetero) is 1. The van der Waals surface area contributed by atoms with Gasteiger partial charge < -0.3 is 9.64 Å². The number of hydrogen-bond acceptors (Lipinski definition) is 7. The van der Waals surface area contributed by atoms with Gasteiger partial charge in [-0.25, -0.2) is 9.97 Å². The molecule has 0 radical (unpaired) electrons. The standard InChI is InChI=1S/C21H22N6O2/c1-3-21-13-29-10-9-26(21)19-16(27-14(2)24-25-20(21)27)12-22-18(23-19)11-17(28)15-7-5-4-6-8-15/h4-8,12H,3,9-11,13H2,1-2H3. The second-order valence-corrected chi connectivity index (χ2v) is 7.46. The van der Waals surface area contributed by atoms with E-state index < -0.39 is 5.54 Å². The van der Waals surface area contributed by atoms with E-state index in [0.29, 0.717) is 31.1 Å². The molecule has 1 atom stereocenters. The number of nitrogens with zero attached hydrogens (tertiary/aromatic N) is 6. The Balaban J connectivity index is 1.59. The van der Waals surface area contributed by atoms with E-state index in [4.69, 9.17) is 9.72 Å². The molecule has 2 aliphatic heterocycles. The number of ketones is 1. The zero-order chi connectivity index (χ0) is 20.0. The topological polar surface area (TPSA) is 86.0 Å².